The van der Waals surface area contributed by atoms with Gasteiger partial charge >= 0.3 is 6.36 Å². The molecule has 5 nitrogen and oxygen atoms in total. The molecule has 3 aromatic carbocycles. The smallest absolute Gasteiger partial charge is 0.404 e. The van der Waals surface area contributed by atoms with Crippen LogP contribution in [-0.2, 0) is 12.8 Å². The fourth-order valence-corrected chi connectivity index (χ4v) is 6.60. The monoisotopic (exact) mass is 628 g/mol. The van der Waals surface area contributed by atoms with E-state index in [4.69, 9.17) is 34.8 Å². The molecule has 202 valence electrons. The summed E-state index contributed by atoms with van der Waals surface area (Å²) in [5.41, 5.74) is 2.31. The van der Waals surface area contributed by atoms with Gasteiger partial charge in [0, 0.05) is 40.2 Å². The van der Waals surface area contributed by atoms with Crippen molar-refractivity contribution < 1.29 is 17.9 Å². The van der Waals surface area contributed by atoms with Crippen LogP contribution in [0.5, 0.6) is 5.75 Å². The van der Waals surface area contributed by atoms with Crippen molar-refractivity contribution in [3.05, 3.63) is 93.3 Å². The van der Waals surface area contributed by atoms with Gasteiger partial charge in [-0.3, -0.25) is 4.57 Å². The third-order valence-corrected chi connectivity index (χ3v) is 8.50. The second kappa shape index (κ2) is 11.5. The van der Waals surface area contributed by atoms with E-state index in [0.29, 0.717) is 38.0 Å². The number of hydrogen-bond acceptors (Lipinski definition) is 4. The number of aryl methyl sites for hydroxylation is 1. The minimum atomic E-state index is -4.83. The van der Waals surface area contributed by atoms with Gasteiger partial charge in [-0.15, -0.1) is 23.4 Å². The molecule has 0 bridgehead atoms. The molecular formula is C26H18Cl3F3N4OS2. The van der Waals surface area contributed by atoms with Crippen molar-refractivity contribution in [3.63, 3.8) is 0 Å². The van der Waals surface area contributed by atoms with E-state index < -0.39 is 12.1 Å². The number of alkyl halides is 3. The van der Waals surface area contributed by atoms with E-state index in [1.165, 1.54) is 30.0 Å². The van der Waals surface area contributed by atoms with E-state index in [0.717, 1.165) is 27.1 Å². The van der Waals surface area contributed by atoms with Crippen LogP contribution < -0.4 is 4.74 Å². The summed E-state index contributed by atoms with van der Waals surface area (Å²) in [5.74, 6) is 0.412. The van der Waals surface area contributed by atoms with Crippen molar-refractivity contribution in [1.29, 1.82) is 0 Å². The lowest BCUT2D eigenvalue weighted by atomic mass is 10.2. The molecule has 0 saturated heterocycles. The molecule has 5 aromatic rings. The molecule has 0 radical (unpaired) electrons. The van der Waals surface area contributed by atoms with Gasteiger partial charge in [-0.1, -0.05) is 76.9 Å². The van der Waals surface area contributed by atoms with E-state index in [1.807, 2.05) is 24.5 Å². The summed E-state index contributed by atoms with van der Waals surface area (Å²) in [5, 5.41) is 13.0. The van der Waals surface area contributed by atoms with Gasteiger partial charge in [-0.2, -0.15) is 11.4 Å². The van der Waals surface area contributed by atoms with Gasteiger partial charge in [0.15, 0.2) is 11.0 Å². The Balaban J connectivity index is 1.49. The highest BCUT2D eigenvalue weighted by molar-refractivity contribution is 7.98. The maximum absolute atomic E-state index is 12.6. The molecule has 0 fully saturated rings. The molecule has 0 spiro atoms. The predicted molar refractivity (Wildman–Crippen MR) is 154 cm³/mol. The Labute approximate surface area is 244 Å². The maximum atomic E-state index is 12.6. The summed E-state index contributed by atoms with van der Waals surface area (Å²) in [6.07, 6.45) is -2.76. The zero-order valence-electron chi connectivity index (χ0n) is 20.0. The zero-order valence-corrected chi connectivity index (χ0v) is 23.9. The Hall–Kier alpha value is -2.63. The largest absolute Gasteiger partial charge is 0.573 e. The predicted octanol–water partition coefficient (Wildman–Crippen LogP) is 8.59. The van der Waals surface area contributed by atoms with Crippen LogP contribution in [0.4, 0.5) is 13.2 Å². The quantitative estimate of drug-likeness (QED) is 0.111. The summed E-state index contributed by atoms with van der Waals surface area (Å²) >= 11 is 21.3. The van der Waals surface area contributed by atoms with Crippen LogP contribution in [0.15, 0.2) is 76.9 Å². The lowest BCUT2D eigenvalue weighted by Gasteiger charge is -2.13. The molecule has 0 saturated carbocycles. The summed E-state index contributed by atoms with van der Waals surface area (Å²) in [7, 11) is 2.00. The summed E-state index contributed by atoms with van der Waals surface area (Å²) in [6, 6.07) is 17.4. The van der Waals surface area contributed by atoms with Crippen LogP contribution in [-0.4, -0.2) is 31.1 Å². The average molecular weight is 630 g/mol. The minimum absolute atomic E-state index is 0.149. The van der Waals surface area contributed by atoms with E-state index in [2.05, 4.69) is 37.8 Å². The molecule has 0 amide bonds. The van der Waals surface area contributed by atoms with Crippen molar-refractivity contribution in [1.82, 2.24) is 19.3 Å². The highest BCUT2D eigenvalue weighted by Gasteiger charge is 2.32. The summed E-state index contributed by atoms with van der Waals surface area (Å²) < 4.78 is 45.5. The Kier molecular flexibility index (Phi) is 8.21. The second-order valence-corrected chi connectivity index (χ2v) is 11.4. The lowest BCUT2D eigenvalue weighted by Crippen LogP contribution is -2.17. The zero-order chi connectivity index (χ0) is 27.7. The Morgan fingerprint density at radius 2 is 1.72 bits per heavy atom. The molecule has 0 unspecified atom stereocenters. The van der Waals surface area contributed by atoms with Gasteiger partial charge in [-0.05, 0) is 35.9 Å². The molecular weight excluding hydrogens is 612 g/mol. The number of hydrogen-bond donors (Lipinski definition) is 1. The van der Waals surface area contributed by atoms with E-state index in [1.54, 1.807) is 22.8 Å². The fourth-order valence-electron chi connectivity index (χ4n) is 3.91. The van der Waals surface area contributed by atoms with Crippen molar-refractivity contribution in [2.45, 2.75) is 22.2 Å². The van der Waals surface area contributed by atoms with Gasteiger partial charge in [0.1, 0.15) is 5.75 Å². The van der Waals surface area contributed by atoms with Crippen LogP contribution in [0.2, 0.25) is 15.1 Å². The number of aromatic nitrogens is 4. The normalized spacial score (nSPS) is 12.3. The van der Waals surface area contributed by atoms with E-state index in [-0.39, 0.29) is 5.02 Å². The number of para-hydroxylation sites is 2. The number of benzene rings is 3. The molecule has 2 aromatic heterocycles. The van der Waals surface area contributed by atoms with Crippen molar-refractivity contribution in [2.24, 2.45) is 7.05 Å². The lowest BCUT2D eigenvalue weighted by molar-refractivity contribution is -0.274. The molecule has 0 aliphatic heterocycles. The average Bonchev–Trinajstić information content (AvgIpc) is 3.42. The van der Waals surface area contributed by atoms with Gasteiger partial charge in [0.25, 0.3) is 0 Å². The first-order chi connectivity index (χ1) is 18.6. The Morgan fingerprint density at radius 3 is 2.44 bits per heavy atom. The number of nitrogens with zero attached hydrogens (tertiary/aromatic N) is 4. The first-order valence-corrected chi connectivity index (χ1v) is 14.3. The number of thioether (sulfide) groups is 1. The number of fused-ring (bicyclic) bond motifs is 1. The van der Waals surface area contributed by atoms with Gasteiger partial charge in [0.2, 0.25) is 0 Å². The number of thiol groups is 1. The standard InChI is InChI=1S/C26H18Cl3F3N4OS2/c1-35-12-22(16-5-2-3-8-20(16)35)38-14-23-33-34-25(36(23)24-17(27)6-4-7-18(24)28)39-13-15-9-10-21(19(29)11-15)37-26(30,31)32/h2-12,14,38H,13H2,1H3. The molecule has 0 N–H and O–H groups in total. The van der Waals surface area contributed by atoms with Crippen molar-refractivity contribution in [3.8, 4) is 11.4 Å². The molecule has 0 aliphatic rings. The third kappa shape index (κ3) is 6.25. The fraction of sp³-hybridized carbons (Fsp3) is 0.115. The molecule has 0 atom stereocenters. The Morgan fingerprint density at radius 1 is 0.974 bits per heavy atom. The number of halogens is 6. The molecule has 2 heterocycles. The number of rotatable bonds is 7. The first-order valence-electron chi connectivity index (χ1n) is 11.3. The third-order valence-electron chi connectivity index (χ3n) is 5.60. The van der Waals surface area contributed by atoms with Crippen molar-refractivity contribution >= 4 is 74.2 Å². The van der Waals surface area contributed by atoms with E-state index in [9.17, 15) is 13.2 Å². The highest BCUT2D eigenvalue weighted by Crippen LogP contribution is 2.36. The highest BCUT2D eigenvalue weighted by atomic mass is 35.5. The van der Waals surface area contributed by atoms with Crippen molar-refractivity contribution in [2.75, 3.05) is 0 Å². The molecule has 13 heteroatoms. The molecule has 5 rings (SSSR count). The van der Waals surface area contributed by atoms with Gasteiger partial charge in [0.05, 0.1) is 20.8 Å². The SMILES string of the molecule is Cn1cc([SH]=Cc2nnc(SCc3ccc(OC(F)(F)F)c(Cl)c3)n2-c2c(Cl)cccc2Cl)c2ccccc21. The van der Waals surface area contributed by atoms with Crippen LogP contribution in [0, 0.1) is 0 Å². The first kappa shape index (κ1) is 27.9. The van der Waals surface area contributed by atoms with Gasteiger partial charge in [-0.25, -0.2) is 0 Å². The van der Waals surface area contributed by atoms with Crippen LogP contribution in [0.3, 0.4) is 0 Å². The maximum Gasteiger partial charge on any atom is 0.573 e. The summed E-state index contributed by atoms with van der Waals surface area (Å²) in [6.45, 7) is 0. The molecule has 39 heavy (non-hydrogen) atoms. The summed E-state index contributed by atoms with van der Waals surface area (Å²) in [4.78, 5) is 1.10. The van der Waals surface area contributed by atoms with E-state index >= 15 is 0 Å². The van der Waals surface area contributed by atoms with Crippen LogP contribution >= 0.6 is 57.9 Å². The minimum Gasteiger partial charge on any atom is -0.404 e. The second-order valence-electron chi connectivity index (χ2n) is 8.25. The van der Waals surface area contributed by atoms with Crippen LogP contribution in [0.25, 0.3) is 16.6 Å². The Bertz CT molecular complexity index is 1680. The molecule has 0 aliphatic carbocycles. The van der Waals surface area contributed by atoms with Gasteiger partial charge < -0.3 is 9.30 Å². The number of ether oxygens (including phenoxy) is 1. The van der Waals surface area contributed by atoms with Crippen LogP contribution in [0.1, 0.15) is 11.4 Å². The topological polar surface area (TPSA) is 44.9 Å².